The van der Waals surface area contributed by atoms with Crippen molar-refractivity contribution in [1.82, 2.24) is 14.4 Å². The van der Waals surface area contributed by atoms with Crippen LogP contribution < -0.4 is 9.80 Å². The molecule has 0 radical (unpaired) electrons. The van der Waals surface area contributed by atoms with E-state index in [0.717, 1.165) is 37.6 Å². The molecule has 0 atom stereocenters. The lowest BCUT2D eigenvalue weighted by Crippen LogP contribution is -2.47. The lowest BCUT2D eigenvalue weighted by molar-refractivity contribution is 0.646. The van der Waals surface area contributed by atoms with Gasteiger partial charge in [-0.15, -0.1) is 0 Å². The number of nitrogens with zero attached hydrogens (tertiary/aromatic N) is 6. The molecule has 1 aliphatic heterocycles. The SMILES string of the molecule is N#Cc1cnc(N2CCN(c3ccc4nc(C5CC5)cn4c3)CC2)c(Cl)c1. The molecule has 1 saturated carbocycles. The summed E-state index contributed by atoms with van der Waals surface area (Å²) in [5, 5.41) is 9.50. The van der Waals surface area contributed by atoms with E-state index in [-0.39, 0.29) is 0 Å². The van der Waals surface area contributed by atoms with Crippen molar-refractivity contribution in [3.63, 3.8) is 0 Å². The van der Waals surface area contributed by atoms with Crippen LogP contribution >= 0.6 is 11.6 Å². The van der Waals surface area contributed by atoms with Gasteiger partial charge in [0.2, 0.25) is 0 Å². The van der Waals surface area contributed by atoms with Crippen molar-refractivity contribution < 1.29 is 0 Å². The summed E-state index contributed by atoms with van der Waals surface area (Å²) in [6.45, 7) is 3.48. The highest BCUT2D eigenvalue weighted by Gasteiger charge is 2.26. The van der Waals surface area contributed by atoms with E-state index in [1.165, 1.54) is 24.2 Å². The fourth-order valence-corrected chi connectivity index (χ4v) is 3.95. The molecule has 0 N–H and O–H groups in total. The fourth-order valence-electron chi connectivity index (χ4n) is 3.66. The van der Waals surface area contributed by atoms with Crippen LogP contribution in [0.4, 0.5) is 11.5 Å². The fraction of sp³-hybridized carbons (Fsp3) is 0.350. The molecule has 2 aliphatic rings. The first kappa shape index (κ1) is 16.4. The Morgan fingerprint density at radius 2 is 1.85 bits per heavy atom. The van der Waals surface area contributed by atoms with E-state index in [4.69, 9.17) is 21.8 Å². The van der Waals surface area contributed by atoms with Gasteiger partial charge in [-0.1, -0.05) is 11.6 Å². The number of piperazine rings is 1. The molecule has 27 heavy (non-hydrogen) atoms. The summed E-state index contributed by atoms with van der Waals surface area (Å²) in [5.74, 6) is 1.43. The molecule has 6 nitrogen and oxygen atoms in total. The van der Waals surface area contributed by atoms with Crippen molar-refractivity contribution in [2.45, 2.75) is 18.8 Å². The van der Waals surface area contributed by atoms with Gasteiger partial charge in [0.15, 0.2) is 0 Å². The molecule has 136 valence electrons. The second kappa shape index (κ2) is 6.43. The first-order chi connectivity index (χ1) is 13.2. The number of halogens is 1. The zero-order valence-electron chi connectivity index (χ0n) is 14.8. The van der Waals surface area contributed by atoms with Crippen LogP contribution in [0.5, 0.6) is 0 Å². The number of nitriles is 1. The van der Waals surface area contributed by atoms with Crippen LogP contribution in [0.1, 0.15) is 30.0 Å². The average molecular weight is 379 g/mol. The lowest BCUT2D eigenvalue weighted by atomic mass is 10.2. The maximum Gasteiger partial charge on any atom is 0.147 e. The topological polar surface area (TPSA) is 60.5 Å². The van der Waals surface area contributed by atoms with Gasteiger partial charge in [0.05, 0.1) is 22.0 Å². The first-order valence-corrected chi connectivity index (χ1v) is 9.63. The molecule has 0 spiro atoms. The van der Waals surface area contributed by atoms with Gasteiger partial charge < -0.3 is 14.2 Å². The highest BCUT2D eigenvalue weighted by atomic mass is 35.5. The third-order valence-corrected chi connectivity index (χ3v) is 5.62. The number of anilines is 2. The molecule has 0 bridgehead atoms. The largest absolute Gasteiger partial charge is 0.367 e. The highest BCUT2D eigenvalue weighted by molar-refractivity contribution is 6.33. The Kier molecular flexibility index (Phi) is 3.91. The van der Waals surface area contributed by atoms with Gasteiger partial charge in [-0.05, 0) is 31.0 Å². The van der Waals surface area contributed by atoms with Gasteiger partial charge in [0, 0.05) is 50.7 Å². The van der Waals surface area contributed by atoms with Gasteiger partial charge in [-0.2, -0.15) is 5.26 Å². The Bertz CT molecular complexity index is 1040. The predicted octanol–water partition coefficient (Wildman–Crippen LogP) is 3.46. The molecule has 1 aliphatic carbocycles. The number of pyridine rings is 2. The number of rotatable bonds is 3. The zero-order valence-corrected chi connectivity index (χ0v) is 15.6. The molecule has 1 saturated heterocycles. The van der Waals surface area contributed by atoms with Crippen LogP contribution in [0.15, 0.2) is 36.8 Å². The summed E-state index contributed by atoms with van der Waals surface area (Å²) >= 11 is 6.31. The van der Waals surface area contributed by atoms with E-state index in [9.17, 15) is 0 Å². The van der Waals surface area contributed by atoms with Crippen LogP contribution in [0.25, 0.3) is 5.65 Å². The van der Waals surface area contributed by atoms with Crippen molar-refractivity contribution in [2.24, 2.45) is 0 Å². The lowest BCUT2D eigenvalue weighted by Gasteiger charge is -2.37. The summed E-state index contributed by atoms with van der Waals surface area (Å²) in [5.41, 5.74) is 3.94. The van der Waals surface area contributed by atoms with Gasteiger partial charge >= 0.3 is 0 Å². The van der Waals surface area contributed by atoms with Crippen molar-refractivity contribution in [3.05, 3.63) is 53.1 Å². The van der Waals surface area contributed by atoms with Crippen molar-refractivity contribution in [2.75, 3.05) is 36.0 Å². The molecule has 3 aromatic heterocycles. The van der Waals surface area contributed by atoms with E-state index < -0.39 is 0 Å². The smallest absolute Gasteiger partial charge is 0.147 e. The Labute approximate surface area is 162 Å². The molecule has 0 aromatic carbocycles. The molecular weight excluding hydrogens is 360 g/mol. The van der Waals surface area contributed by atoms with Gasteiger partial charge in [0.1, 0.15) is 17.5 Å². The first-order valence-electron chi connectivity index (χ1n) is 9.25. The van der Waals surface area contributed by atoms with E-state index >= 15 is 0 Å². The van der Waals surface area contributed by atoms with Crippen LogP contribution in [0, 0.1) is 11.3 Å². The second-order valence-electron chi connectivity index (χ2n) is 7.21. The predicted molar refractivity (Wildman–Crippen MR) is 106 cm³/mol. The van der Waals surface area contributed by atoms with Crippen LogP contribution in [0.3, 0.4) is 0 Å². The molecule has 0 unspecified atom stereocenters. The molecule has 2 fully saturated rings. The van der Waals surface area contributed by atoms with Crippen molar-refractivity contribution in [1.29, 1.82) is 5.26 Å². The summed E-state index contributed by atoms with van der Waals surface area (Å²) in [7, 11) is 0. The van der Waals surface area contributed by atoms with Crippen LogP contribution in [0.2, 0.25) is 5.02 Å². The summed E-state index contributed by atoms with van der Waals surface area (Å²) in [6, 6.07) is 8.01. The minimum absolute atomic E-state index is 0.488. The number of hydrogen-bond acceptors (Lipinski definition) is 5. The third kappa shape index (κ3) is 3.08. The number of fused-ring (bicyclic) bond motifs is 1. The summed E-state index contributed by atoms with van der Waals surface area (Å²) in [6.07, 6.45) is 8.47. The van der Waals surface area contributed by atoms with Crippen LogP contribution in [-0.2, 0) is 0 Å². The Morgan fingerprint density at radius 1 is 1.07 bits per heavy atom. The van der Waals surface area contributed by atoms with Crippen molar-refractivity contribution in [3.8, 4) is 6.07 Å². The Balaban J connectivity index is 1.31. The van der Waals surface area contributed by atoms with Crippen molar-refractivity contribution >= 4 is 28.8 Å². The number of imidazole rings is 1. The normalized spacial score (nSPS) is 17.3. The minimum atomic E-state index is 0.488. The summed E-state index contributed by atoms with van der Waals surface area (Å²) in [4.78, 5) is 13.7. The van der Waals surface area contributed by atoms with Crippen LogP contribution in [-0.4, -0.2) is 40.5 Å². The quantitative estimate of drug-likeness (QED) is 0.698. The molecule has 0 amide bonds. The Morgan fingerprint density at radius 3 is 2.56 bits per heavy atom. The minimum Gasteiger partial charge on any atom is -0.367 e. The summed E-state index contributed by atoms with van der Waals surface area (Å²) < 4.78 is 2.15. The monoisotopic (exact) mass is 378 g/mol. The highest BCUT2D eigenvalue weighted by Crippen LogP contribution is 2.39. The molecule has 7 heteroatoms. The van der Waals surface area contributed by atoms with Gasteiger partial charge in [-0.25, -0.2) is 9.97 Å². The molecule has 3 aromatic rings. The average Bonchev–Trinajstić information content (AvgIpc) is 3.47. The number of hydrogen-bond donors (Lipinski definition) is 0. The maximum atomic E-state index is 8.96. The van der Waals surface area contributed by atoms with Gasteiger partial charge in [-0.3, -0.25) is 0 Å². The number of aromatic nitrogens is 3. The molecule has 4 heterocycles. The second-order valence-corrected chi connectivity index (χ2v) is 7.62. The van der Waals surface area contributed by atoms with E-state index in [1.807, 2.05) is 0 Å². The molecule has 5 rings (SSSR count). The Hall–Kier alpha value is -2.78. The molecular formula is C20H19ClN6. The zero-order chi connectivity index (χ0) is 18.4. The maximum absolute atomic E-state index is 8.96. The standard InChI is InChI=1S/C20H19ClN6/c21-17-9-14(10-22)11-23-20(17)26-7-5-25(6-8-26)16-3-4-19-24-18(15-1-2-15)13-27(19)12-16/h3-4,9,11-13,15H,1-2,5-8H2. The van der Waals surface area contributed by atoms with E-state index in [0.29, 0.717) is 16.5 Å². The van der Waals surface area contributed by atoms with Gasteiger partial charge in [0.25, 0.3) is 0 Å². The van der Waals surface area contributed by atoms with E-state index in [1.54, 1.807) is 12.3 Å². The third-order valence-electron chi connectivity index (χ3n) is 5.34. The van der Waals surface area contributed by atoms with E-state index in [2.05, 4.69) is 49.8 Å².